The summed E-state index contributed by atoms with van der Waals surface area (Å²) >= 11 is 1.58. The number of thioether (sulfide) groups is 1. The average Bonchev–Trinajstić information content (AvgIpc) is 2.35. The standard InChI is InChI=1S/C15H21NO3S/c1-15(2,3)13(14(18)19)16-12(17)9-10-20-11-7-5-4-6-8-11/h4-8,13H,9-10H2,1-3H3,(H,16,17)(H,18,19)/t13-/m1/s1. The number of hydrogen-bond acceptors (Lipinski definition) is 3. The van der Waals surface area contributed by atoms with E-state index < -0.39 is 17.4 Å². The van der Waals surface area contributed by atoms with Gasteiger partial charge < -0.3 is 10.4 Å². The summed E-state index contributed by atoms with van der Waals surface area (Å²) in [6.07, 6.45) is 0.305. The minimum Gasteiger partial charge on any atom is -0.480 e. The maximum Gasteiger partial charge on any atom is 0.326 e. The summed E-state index contributed by atoms with van der Waals surface area (Å²) in [6, 6.07) is 8.94. The van der Waals surface area contributed by atoms with Gasteiger partial charge >= 0.3 is 5.97 Å². The number of nitrogens with one attached hydrogen (secondary N) is 1. The lowest BCUT2D eigenvalue weighted by molar-refractivity contribution is -0.144. The first-order chi connectivity index (χ1) is 9.30. The van der Waals surface area contributed by atoms with Crippen LogP contribution in [0.3, 0.4) is 0 Å². The molecule has 0 aromatic heterocycles. The number of rotatable bonds is 6. The molecule has 0 bridgehead atoms. The number of carbonyl (C=O) groups excluding carboxylic acids is 1. The van der Waals surface area contributed by atoms with Crippen molar-refractivity contribution in [1.82, 2.24) is 5.32 Å². The number of benzene rings is 1. The third-order valence-corrected chi connectivity index (χ3v) is 3.77. The van der Waals surface area contributed by atoms with Crippen molar-refractivity contribution < 1.29 is 14.7 Å². The maximum absolute atomic E-state index is 11.8. The molecule has 1 aromatic carbocycles. The van der Waals surface area contributed by atoms with Crippen LogP contribution in [0, 0.1) is 5.41 Å². The van der Waals surface area contributed by atoms with E-state index in [1.807, 2.05) is 30.3 Å². The fraction of sp³-hybridized carbons (Fsp3) is 0.467. The van der Waals surface area contributed by atoms with Crippen LogP contribution < -0.4 is 5.32 Å². The summed E-state index contributed by atoms with van der Waals surface area (Å²) in [5, 5.41) is 11.7. The fourth-order valence-corrected chi connectivity index (χ4v) is 2.53. The molecule has 0 saturated carbocycles. The molecule has 0 saturated heterocycles. The Morgan fingerprint density at radius 2 is 1.85 bits per heavy atom. The molecule has 1 aromatic rings. The van der Waals surface area contributed by atoms with Gasteiger partial charge in [-0.1, -0.05) is 39.0 Å². The Morgan fingerprint density at radius 1 is 1.25 bits per heavy atom. The first-order valence-corrected chi connectivity index (χ1v) is 7.49. The van der Waals surface area contributed by atoms with Gasteiger partial charge in [0.25, 0.3) is 0 Å². The average molecular weight is 295 g/mol. The van der Waals surface area contributed by atoms with E-state index in [4.69, 9.17) is 5.11 Å². The van der Waals surface area contributed by atoms with Gasteiger partial charge in [0.15, 0.2) is 0 Å². The van der Waals surface area contributed by atoms with Gasteiger partial charge in [0, 0.05) is 17.1 Å². The third kappa shape index (κ3) is 5.65. The highest BCUT2D eigenvalue weighted by molar-refractivity contribution is 7.99. The molecule has 0 heterocycles. The maximum atomic E-state index is 11.8. The molecule has 2 N–H and O–H groups in total. The molecule has 0 fully saturated rings. The van der Waals surface area contributed by atoms with Crippen LogP contribution in [0.5, 0.6) is 0 Å². The molecule has 1 atom stereocenters. The Morgan fingerprint density at radius 3 is 2.35 bits per heavy atom. The molecular weight excluding hydrogens is 274 g/mol. The van der Waals surface area contributed by atoms with Crippen LogP contribution in [0.25, 0.3) is 0 Å². The highest BCUT2D eigenvalue weighted by Gasteiger charge is 2.32. The van der Waals surface area contributed by atoms with Crippen LogP contribution in [0.15, 0.2) is 35.2 Å². The first kappa shape index (κ1) is 16.6. The summed E-state index contributed by atoms with van der Waals surface area (Å²) in [5.74, 6) is -0.593. The number of carbonyl (C=O) groups is 2. The summed E-state index contributed by atoms with van der Waals surface area (Å²) in [6.45, 7) is 5.39. The van der Waals surface area contributed by atoms with Gasteiger partial charge in [-0.15, -0.1) is 11.8 Å². The lowest BCUT2D eigenvalue weighted by Crippen LogP contribution is -2.49. The van der Waals surface area contributed by atoms with Crippen LogP contribution in [-0.2, 0) is 9.59 Å². The van der Waals surface area contributed by atoms with E-state index in [0.717, 1.165) is 4.90 Å². The third-order valence-electron chi connectivity index (χ3n) is 2.76. The molecule has 0 radical (unpaired) electrons. The number of carboxylic acid groups (broad SMARTS) is 1. The van der Waals surface area contributed by atoms with Crippen LogP contribution in [-0.4, -0.2) is 28.8 Å². The van der Waals surface area contributed by atoms with Crippen LogP contribution >= 0.6 is 11.8 Å². The molecule has 0 spiro atoms. The molecular formula is C15H21NO3S. The number of aliphatic carboxylic acids is 1. The monoisotopic (exact) mass is 295 g/mol. The molecule has 0 aliphatic rings. The lowest BCUT2D eigenvalue weighted by Gasteiger charge is -2.27. The Hall–Kier alpha value is -1.49. The zero-order chi connectivity index (χ0) is 15.2. The van der Waals surface area contributed by atoms with E-state index in [2.05, 4.69) is 5.32 Å². The predicted molar refractivity (Wildman–Crippen MR) is 80.8 cm³/mol. The second-order valence-corrected chi connectivity index (χ2v) is 6.78. The van der Waals surface area contributed by atoms with Crippen molar-refractivity contribution >= 4 is 23.6 Å². The van der Waals surface area contributed by atoms with E-state index in [9.17, 15) is 9.59 Å². The molecule has 1 amide bonds. The van der Waals surface area contributed by atoms with Crippen LogP contribution in [0.1, 0.15) is 27.2 Å². The van der Waals surface area contributed by atoms with Crippen LogP contribution in [0.2, 0.25) is 0 Å². The molecule has 20 heavy (non-hydrogen) atoms. The van der Waals surface area contributed by atoms with E-state index in [-0.39, 0.29) is 5.91 Å². The Labute approximate surface area is 124 Å². The van der Waals surface area contributed by atoms with Crippen molar-refractivity contribution in [3.63, 3.8) is 0 Å². The zero-order valence-corrected chi connectivity index (χ0v) is 12.9. The van der Waals surface area contributed by atoms with Gasteiger partial charge in [-0.2, -0.15) is 0 Å². The Bertz CT molecular complexity index is 454. The van der Waals surface area contributed by atoms with Crippen molar-refractivity contribution in [3.05, 3.63) is 30.3 Å². The summed E-state index contributed by atoms with van der Waals surface area (Å²) < 4.78 is 0. The van der Waals surface area contributed by atoms with E-state index >= 15 is 0 Å². The minimum absolute atomic E-state index is 0.226. The summed E-state index contributed by atoms with van der Waals surface area (Å²) in [5.41, 5.74) is -0.506. The Kier molecular flexibility index (Phi) is 6.07. The lowest BCUT2D eigenvalue weighted by atomic mass is 9.87. The van der Waals surface area contributed by atoms with Gasteiger partial charge in [0.2, 0.25) is 5.91 Å². The Balaban J connectivity index is 2.41. The molecule has 4 nitrogen and oxygen atoms in total. The first-order valence-electron chi connectivity index (χ1n) is 6.50. The van der Waals surface area contributed by atoms with E-state index in [1.165, 1.54) is 0 Å². The molecule has 110 valence electrons. The van der Waals surface area contributed by atoms with Gasteiger partial charge in [0.05, 0.1) is 0 Å². The van der Waals surface area contributed by atoms with Crippen molar-refractivity contribution in [3.8, 4) is 0 Å². The molecule has 0 aliphatic carbocycles. The highest BCUT2D eigenvalue weighted by Crippen LogP contribution is 2.20. The fourth-order valence-electron chi connectivity index (χ4n) is 1.66. The van der Waals surface area contributed by atoms with E-state index in [1.54, 1.807) is 32.5 Å². The van der Waals surface area contributed by atoms with E-state index in [0.29, 0.717) is 12.2 Å². The topological polar surface area (TPSA) is 66.4 Å². The quantitative estimate of drug-likeness (QED) is 0.792. The van der Waals surface area contributed by atoms with Gasteiger partial charge in [0.1, 0.15) is 6.04 Å². The minimum atomic E-state index is -0.999. The zero-order valence-electron chi connectivity index (χ0n) is 12.1. The number of carboxylic acids is 1. The summed E-state index contributed by atoms with van der Waals surface area (Å²) in [4.78, 5) is 24.1. The van der Waals surface area contributed by atoms with Gasteiger partial charge in [-0.05, 0) is 17.5 Å². The number of amides is 1. The largest absolute Gasteiger partial charge is 0.480 e. The molecule has 5 heteroatoms. The molecule has 1 rings (SSSR count). The SMILES string of the molecule is CC(C)(C)[C@H](NC(=O)CCSc1ccccc1)C(=O)O. The predicted octanol–water partition coefficient (Wildman–Crippen LogP) is 2.78. The summed E-state index contributed by atoms with van der Waals surface area (Å²) in [7, 11) is 0. The second-order valence-electron chi connectivity index (χ2n) is 5.62. The van der Waals surface area contributed by atoms with Crippen molar-refractivity contribution in [2.45, 2.75) is 38.1 Å². The smallest absolute Gasteiger partial charge is 0.326 e. The van der Waals surface area contributed by atoms with Crippen LogP contribution in [0.4, 0.5) is 0 Å². The van der Waals surface area contributed by atoms with Gasteiger partial charge in [-0.3, -0.25) is 4.79 Å². The molecule has 0 unspecified atom stereocenters. The second kappa shape index (κ2) is 7.33. The van der Waals surface area contributed by atoms with Crippen molar-refractivity contribution in [1.29, 1.82) is 0 Å². The highest BCUT2D eigenvalue weighted by atomic mass is 32.2. The van der Waals surface area contributed by atoms with Gasteiger partial charge in [-0.25, -0.2) is 4.79 Å². The molecule has 0 aliphatic heterocycles. The van der Waals surface area contributed by atoms with Crippen molar-refractivity contribution in [2.24, 2.45) is 5.41 Å². The number of hydrogen-bond donors (Lipinski definition) is 2. The van der Waals surface area contributed by atoms with Crippen molar-refractivity contribution in [2.75, 3.05) is 5.75 Å². The normalized spacial score (nSPS) is 12.8.